The number of nitrogens with one attached hydrogen (secondary N) is 2. The number of rotatable bonds is 10. The average Bonchev–Trinajstić information content (AvgIpc) is 2.93. The van der Waals surface area contributed by atoms with Gasteiger partial charge in [0.2, 0.25) is 5.91 Å². The topological polar surface area (TPSA) is 70.7 Å². The Kier molecular flexibility index (Phi) is 7.40. The van der Waals surface area contributed by atoms with E-state index in [1.165, 1.54) is 19.3 Å². The van der Waals surface area contributed by atoms with Crippen molar-refractivity contribution in [1.29, 1.82) is 0 Å². The van der Waals surface area contributed by atoms with Crippen LogP contribution in [-0.2, 0) is 11.2 Å². The first-order chi connectivity index (χ1) is 10.1. The van der Waals surface area contributed by atoms with Gasteiger partial charge in [0, 0.05) is 5.41 Å². The average molecular weight is 294 g/mol. The van der Waals surface area contributed by atoms with E-state index in [9.17, 15) is 4.79 Å². The van der Waals surface area contributed by atoms with Crippen LogP contribution in [0.3, 0.4) is 0 Å². The standard InChI is InChI=1S/C16H30N4O/c1-5-9-10-11-12-13-14(19-20-18-13)17-15(21)16(6-2,7-3)8-4/h5-12H2,1-4H3,(H2,17,18,19,20,21). The minimum Gasteiger partial charge on any atom is -0.307 e. The molecule has 5 heteroatoms. The Bertz CT molecular complexity index is 415. The molecule has 0 aliphatic heterocycles. The molecule has 0 saturated heterocycles. The molecule has 0 unspecified atom stereocenters. The van der Waals surface area contributed by atoms with Gasteiger partial charge in [-0.05, 0) is 32.1 Å². The van der Waals surface area contributed by atoms with Crippen LogP contribution in [0.4, 0.5) is 5.82 Å². The van der Waals surface area contributed by atoms with Crippen LogP contribution in [0.15, 0.2) is 0 Å². The Morgan fingerprint density at radius 1 is 1.05 bits per heavy atom. The lowest BCUT2D eigenvalue weighted by molar-refractivity contribution is -0.126. The van der Waals surface area contributed by atoms with Gasteiger partial charge >= 0.3 is 0 Å². The van der Waals surface area contributed by atoms with Crippen LogP contribution in [0, 0.1) is 5.41 Å². The van der Waals surface area contributed by atoms with Gasteiger partial charge in [-0.3, -0.25) is 4.79 Å². The van der Waals surface area contributed by atoms with Gasteiger partial charge in [0.25, 0.3) is 0 Å². The molecule has 120 valence electrons. The summed E-state index contributed by atoms with van der Waals surface area (Å²) in [5, 5.41) is 13.9. The van der Waals surface area contributed by atoms with E-state index >= 15 is 0 Å². The molecular formula is C16H30N4O. The summed E-state index contributed by atoms with van der Waals surface area (Å²) in [5.41, 5.74) is 0.579. The van der Waals surface area contributed by atoms with Crippen LogP contribution in [-0.4, -0.2) is 21.3 Å². The van der Waals surface area contributed by atoms with E-state index in [4.69, 9.17) is 0 Å². The van der Waals surface area contributed by atoms with Gasteiger partial charge in [-0.15, -0.1) is 5.10 Å². The van der Waals surface area contributed by atoms with E-state index in [1.807, 2.05) is 0 Å². The highest BCUT2D eigenvalue weighted by molar-refractivity contribution is 5.94. The van der Waals surface area contributed by atoms with Crippen molar-refractivity contribution >= 4 is 11.7 Å². The van der Waals surface area contributed by atoms with Gasteiger partial charge in [0.05, 0.1) is 0 Å². The van der Waals surface area contributed by atoms with Crippen molar-refractivity contribution in [3.8, 4) is 0 Å². The Hall–Kier alpha value is -1.39. The minimum atomic E-state index is -0.293. The van der Waals surface area contributed by atoms with E-state index in [-0.39, 0.29) is 11.3 Å². The summed E-state index contributed by atoms with van der Waals surface area (Å²) < 4.78 is 0. The number of aryl methyl sites for hydroxylation is 1. The van der Waals surface area contributed by atoms with E-state index in [0.717, 1.165) is 37.8 Å². The Morgan fingerprint density at radius 3 is 2.29 bits per heavy atom. The lowest BCUT2D eigenvalue weighted by Crippen LogP contribution is -2.35. The Labute approximate surface area is 128 Å². The fourth-order valence-corrected chi connectivity index (χ4v) is 2.72. The number of carbonyl (C=O) groups excluding carboxylic acids is 1. The maximum atomic E-state index is 12.6. The van der Waals surface area contributed by atoms with Crippen molar-refractivity contribution < 1.29 is 4.79 Å². The summed E-state index contributed by atoms with van der Waals surface area (Å²) in [7, 11) is 0. The van der Waals surface area contributed by atoms with Crippen LogP contribution in [0.5, 0.6) is 0 Å². The zero-order chi connectivity index (χ0) is 15.7. The highest BCUT2D eigenvalue weighted by atomic mass is 16.2. The molecule has 5 nitrogen and oxygen atoms in total. The van der Waals surface area contributed by atoms with Gasteiger partial charge in [-0.2, -0.15) is 10.3 Å². The zero-order valence-corrected chi connectivity index (χ0v) is 14.0. The maximum Gasteiger partial charge on any atom is 0.231 e. The SMILES string of the molecule is CCCCCCc1n[nH]nc1NC(=O)C(CC)(CC)CC. The summed E-state index contributed by atoms with van der Waals surface area (Å²) in [6.45, 7) is 8.41. The first kappa shape index (κ1) is 17.7. The van der Waals surface area contributed by atoms with Crippen molar-refractivity contribution in [3.63, 3.8) is 0 Å². The Balaban J connectivity index is 2.66. The number of carbonyl (C=O) groups is 1. The number of unbranched alkanes of at least 4 members (excludes halogenated alkanes) is 3. The second-order valence-corrected chi connectivity index (χ2v) is 5.72. The van der Waals surface area contributed by atoms with E-state index < -0.39 is 0 Å². The zero-order valence-electron chi connectivity index (χ0n) is 14.0. The molecule has 0 atom stereocenters. The fraction of sp³-hybridized carbons (Fsp3) is 0.812. The lowest BCUT2D eigenvalue weighted by atomic mass is 9.79. The highest BCUT2D eigenvalue weighted by Crippen LogP contribution is 2.32. The van der Waals surface area contributed by atoms with Crippen LogP contribution in [0.25, 0.3) is 0 Å². The van der Waals surface area contributed by atoms with Crippen molar-refractivity contribution in [2.24, 2.45) is 5.41 Å². The number of anilines is 1. The monoisotopic (exact) mass is 294 g/mol. The molecule has 1 amide bonds. The number of hydrogen-bond acceptors (Lipinski definition) is 3. The summed E-state index contributed by atoms with van der Waals surface area (Å²) in [4.78, 5) is 12.6. The van der Waals surface area contributed by atoms with E-state index in [2.05, 4.69) is 48.4 Å². The normalized spacial score (nSPS) is 11.6. The van der Waals surface area contributed by atoms with Gasteiger partial charge in [0.15, 0.2) is 5.82 Å². The van der Waals surface area contributed by atoms with Crippen LogP contribution < -0.4 is 5.32 Å². The summed E-state index contributed by atoms with van der Waals surface area (Å²) in [6, 6.07) is 0. The summed E-state index contributed by atoms with van der Waals surface area (Å²) in [5.74, 6) is 0.676. The molecule has 0 spiro atoms. The first-order valence-corrected chi connectivity index (χ1v) is 8.34. The molecular weight excluding hydrogens is 264 g/mol. The van der Waals surface area contributed by atoms with E-state index in [0.29, 0.717) is 5.82 Å². The predicted molar refractivity (Wildman–Crippen MR) is 86.2 cm³/mol. The van der Waals surface area contributed by atoms with Crippen molar-refractivity contribution in [2.75, 3.05) is 5.32 Å². The second-order valence-electron chi connectivity index (χ2n) is 5.72. The number of aromatic nitrogens is 3. The fourth-order valence-electron chi connectivity index (χ4n) is 2.72. The van der Waals surface area contributed by atoms with Crippen LogP contribution >= 0.6 is 0 Å². The third kappa shape index (κ3) is 4.55. The smallest absolute Gasteiger partial charge is 0.231 e. The minimum absolute atomic E-state index is 0.0682. The predicted octanol–water partition coefficient (Wildman–Crippen LogP) is 4.08. The van der Waals surface area contributed by atoms with Crippen LogP contribution in [0.2, 0.25) is 0 Å². The van der Waals surface area contributed by atoms with Gasteiger partial charge in [-0.1, -0.05) is 47.0 Å². The van der Waals surface area contributed by atoms with Crippen molar-refractivity contribution in [3.05, 3.63) is 5.69 Å². The number of aromatic amines is 1. The van der Waals surface area contributed by atoms with Crippen molar-refractivity contribution in [2.45, 2.75) is 79.1 Å². The molecule has 0 aromatic carbocycles. The van der Waals surface area contributed by atoms with Gasteiger partial charge < -0.3 is 5.32 Å². The third-order valence-electron chi connectivity index (χ3n) is 4.63. The van der Waals surface area contributed by atoms with Crippen LogP contribution in [0.1, 0.15) is 78.3 Å². The summed E-state index contributed by atoms with van der Waals surface area (Å²) in [6.07, 6.45) is 8.13. The molecule has 0 aliphatic carbocycles. The second kappa shape index (κ2) is 8.80. The molecule has 2 N–H and O–H groups in total. The molecule has 1 aromatic heterocycles. The number of nitrogens with zero attached hydrogens (tertiary/aromatic N) is 2. The number of H-pyrrole nitrogens is 1. The molecule has 1 heterocycles. The molecule has 0 bridgehead atoms. The van der Waals surface area contributed by atoms with Gasteiger partial charge in [-0.25, -0.2) is 0 Å². The molecule has 0 fully saturated rings. The number of amides is 1. The van der Waals surface area contributed by atoms with E-state index in [1.54, 1.807) is 0 Å². The highest BCUT2D eigenvalue weighted by Gasteiger charge is 2.33. The molecule has 21 heavy (non-hydrogen) atoms. The molecule has 1 aromatic rings. The quantitative estimate of drug-likeness (QED) is 0.639. The third-order valence-corrected chi connectivity index (χ3v) is 4.63. The summed E-state index contributed by atoms with van der Waals surface area (Å²) >= 11 is 0. The first-order valence-electron chi connectivity index (χ1n) is 8.34. The Morgan fingerprint density at radius 2 is 1.71 bits per heavy atom. The molecule has 0 radical (unpaired) electrons. The molecule has 0 saturated carbocycles. The van der Waals surface area contributed by atoms with Crippen molar-refractivity contribution in [1.82, 2.24) is 15.4 Å². The lowest BCUT2D eigenvalue weighted by Gasteiger charge is -2.28. The maximum absolute atomic E-state index is 12.6. The molecule has 0 aliphatic rings. The number of hydrogen-bond donors (Lipinski definition) is 2. The van der Waals surface area contributed by atoms with Gasteiger partial charge in [0.1, 0.15) is 5.69 Å². The molecule has 1 rings (SSSR count). The largest absolute Gasteiger partial charge is 0.307 e.